The van der Waals surface area contributed by atoms with Gasteiger partial charge < -0.3 is 30.5 Å². The molecule has 1 amide bonds. The van der Waals surface area contributed by atoms with Gasteiger partial charge in [-0.1, -0.05) is 109 Å². The number of nitrogens with one attached hydrogen (secondary N) is 3. The Balaban J connectivity index is 0.980. The van der Waals surface area contributed by atoms with E-state index in [9.17, 15) is 23.1 Å². The van der Waals surface area contributed by atoms with Crippen LogP contribution in [0.25, 0.3) is 11.1 Å². The number of rotatable bonds is 10. The molecule has 12 heteroatoms. The Morgan fingerprint density at radius 2 is 1.32 bits per heavy atom. The average Bonchev–Trinajstić information content (AvgIpc) is 3.74. The summed E-state index contributed by atoms with van der Waals surface area (Å²) in [6.45, 7) is 9.55. The van der Waals surface area contributed by atoms with E-state index in [1.54, 1.807) is 31.2 Å². The zero-order chi connectivity index (χ0) is 45.6. The Morgan fingerprint density at radius 3 is 1.91 bits per heavy atom. The van der Waals surface area contributed by atoms with Gasteiger partial charge in [0.2, 0.25) is 5.96 Å². The molecular formula is C53H52N4O7S. The molecule has 1 heterocycles. The van der Waals surface area contributed by atoms with Crippen LogP contribution in [0.1, 0.15) is 87.0 Å². The van der Waals surface area contributed by atoms with Crippen LogP contribution in [0, 0.1) is 20.8 Å². The molecule has 11 nitrogen and oxygen atoms in total. The molecule has 6 aromatic carbocycles. The van der Waals surface area contributed by atoms with Crippen molar-refractivity contribution in [3.05, 3.63) is 183 Å². The number of hydrogen-bond donors (Lipinski definition) is 4. The van der Waals surface area contributed by atoms with Gasteiger partial charge in [0.1, 0.15) is 24.0 Å². The monoisotopic (exact) mass is 888 g/mol. The first-order valence-electron chi connectivity index (χ1n) is 22.0. The van der Waals surface area contributed by atoms with Gasteiger partial charge in [-0.05, 0) is 126 Å². The van der Waals surface area contributed by atoms with Crippen molar-refractivity contribution in [1.82, 2.24) is 10.6 Å². The van der Waals surface area contributed by atoms with Crippen molar-refractivity contribution in [3.8, 4) is 16.9 Å². The lowest BCUT2D eigenvalue weighted by molar-refractivity contribution is -0.139. The summed E-state index contributed by atoms with van der Waals surface area (Å²) in [4.78, 5) is 25.7. The number of aliphatic carboxylic acids is 1. The smallest absolute Gasteiger partial charge is 0.407 e. The van der Waals surface area contributed by atoms with Crippen molar-refractivity contribution in [1.29, 1.82) is 0 Å². The minimum atomic E-state index is -4.33. The number of fused-ring (bicyclic) bond motifs is 6. The van der Waals surface area contributed by atoms with E-state index >= 15 is 0 Å². The summed E-state index contributed by atoms with van der Waals surface area (Å²) in [7, 11) is -4.33. The molecule has 0 spiro atoms. The summed E-state index contributed by atoms with van der Waals surface area (Å²) < 4.78 is 46.0. The number of anilines is 1. The van der Waals surface area contributed by atoms with Gasteiger partial charge in [0.15, 0.2) is 0 Å². The predicted octanol–water partition coefficient (Wildman–Crippen LogP) is 9.49. The molecule has 1 atom stereocenters. The summed E-state index contributed by atoms with van der Waals surface area (Å²) in [5.41, 5.74) is 12.1. The molecule has 6 aromatic rings. The van der Waals surface area contributed by atoms with Crippen LogP contribution < -0.4 is 20.7 Å². The largest absolute Gasteiger partial charge is 0.487 e. The van der Waals surface area contributed by atoms with Crippen LogP contribution in [0.4, 0.5) is 10.5 Å². The Kier molecular flexibility index (Phi) is 11.5. The van der Waals surface area contributed by atoms with Crippen molar-refractivity contribution in [3.63, 3.8) is 0 Å². The molecule has 0 radical (unpaired) electrons. The number of hydrogen-bond acceptors (Lipinski definition) is 6. The minimum Gasteiger partial charge on any atom is -0.487 e. The second kappa shape index (κ2) is 17.2. The maximum Gasteiger partial charge on any atom is 0.407 e. The predicted molar refractivity (Wildman–Crippen MR) is 252 cm³/mol. The van der Waals surface area contributed by atoms with Crippen LogP contribution in [-0.4, -0.2) is 49.8 Å². The van der Waals surface area contributed by atoms with E-state index in [1.807, 2.05) is 100 Å². The van der Waals surface area contributed by atoms with Crippen molar-refractivity contribution in [2.75, 3.05) is 11.9 Å². The maximum absolute atomic E-state index is 14.7. The summed E-state index contributed by atoms with van der Waals surface area (Å²) in [6, 6.07) is 37.5. The number of carboxylic acids is 1. The fourth-order valence-electron chi connectivity index (χ4n) is 9.78. The molecule has 3 aliphatic rings. The van der Waals surface area contributed by atoms with Gasteiger partial charge >= 0.3 is 12.1 Å². The van der Waals surface area contributed by atoms with Gasteiger partial charge in [-0.25, -0.2) is 9.59 Å². The Morgan fingerprint density at radius 1 is 0.769 bits per heavy atom. The number of benzene rings is 6. The summed E-state index contributed by atoms with van der Waals surface area (Å²) in [6.07, 6.45) is 1.36. The third-order valence-electron chi connectivity index (χ3n) is 13.0. The lowest BCUT2D eigenvalue weighted by Crippen LogP contribution is -2.42. The van der Waals surface area contributed by atoms with E-state index in [-0.39, 0.29) is 29.8 Å². The highest BCUT2D eigenvalue weighted by molar-refractivity contribution is 7.90. The van der Waals surface area contributed by atoms with Gasteiger partial charge in [-0.2, -0.15) is 8.42 Å². The molecule has 0 saturated heterocycles. The van der Waals surface area contributed by atoms with Crippen molar-refractivity contribution < 1.29 is 32.6 Å². The number of aryl methyl sites for hydroxylation is 2. The number of carbonyl (C=O) groups is 2. The van der Waals surface area contributed by atoms with Gasteiger partial charge in [0.05, 0.1) is 10.9 Å². The number of carboxylic acid groups (broad SMARTS) is 1. The van der Waals surface area contributed by atoms with E-state index in [1.165, 1.54) is 0 Å². The average molecular weight is 889 g/mol. The molecular weight excluding hydrogens is 837 g/mol. The zero-order valence-corrected chi connectivity index (χ0v) is 37.9. The number of ether oxygens (including phenoxy) is 2. The van der Waals surface area contributed by atoms with E-state index in [0.29, 0.717) is 28.8 Å². The minimum absolute atomic E-state index is 0.0168. The number of carbonyl (C=O) groups excluding carboxylic acids is 1. The molecule has 1 aliphatic heterocycles. The lowest BCUT2D eigenvalue weighted by atomic mass is 9.94. The van der Waals surface area contributed by atoms with E-state index in [0.717, 1.165) is 74.2 Å². The van der Waals surface area contributed by atoms with Crippen LogP contribution in [0.15, 0.2) is 131 Å². The molecule has 0 saturated carbocycles. The highest BCUT2D eigenvalue weighted by Gasteiger charge is 2.37. The topological polar surface area (TPSA) is 155 Å². The van der Waals surface area contributed by atoms with Crippen LogP contribution in [-0.2, 0) is 45.2 Å². The number of alkyl carbamates (subject to hydrolysis) is 1. The van der Waals surface area contributed by atoms with Crippen LogP contribution >= 0.6 is 0 Å². The standard InChI is InChI=1S/C53H52N4O7S/c1-31-32(2)49(33(3)44-29-53(4,5)64-48(31)44)65(61,62)57-51(56-47-38-16-8-6-14-35(38)24-25-36-15-7-9-17-39(36)47)54-37-26-22-34(23-27-37)28-46(50(58)59)55-52(60)63-30-45-42-20-12-10-18-40(42)41-19-11-13-21-43(41)45/h6-23,26-27,45-47H,24-25,28-30H2,1-5H3,(H,55,60)(H,58,59)(H2,54,56,57)/t46-/m1/s1. The summed E-state index contributed by atoms with van der Waals surface area (Å²) in [5, 5.41) is 19.5. The van der Waals surface area contributed by atoms with Gasteiger partial charge in [0.25, 0.3) is 10.0 Å². The molecule has 0 bridgehead atoms. The zero-order valence-electron chi connectivity index (χ0n) is 37.1. The third kappa shape index (κ3) is 8.58. The van der Waals surface area contributed by atoms with Crippen molar-refractivity contribution in [2.45, 2.75) is 88.8 Å². The van der Waals surface area contributed by atoms with Crippen molar-refractivity contribution in [2.24, 2.45) is 4.40 Å². The van der Waals surface area contributed by atoms with Crippen LogP contribution in [0.3, 0.4) is 0 Å². The normalized spacial score (nSPS) is 15.6. The molecule has 4 N–H and O–H groups in total. The first-order valence-corrected chi connectivity index (χ1v) is 23.4. The molecule has 332 valence electrons. The van der Waals surface area contributed by atoms with E-state index in [2.05, 4.69) is 44.6 Å². The highest BCUT2D eigenvalue weighted by atomic mass is 32.2. The second-order valence-corrected chi connectivity index (χ2v) is 19.4. The molecule has 0 unspecified atom stereocenters. The third-order valence-corrected chi connectivity index (χ3v) is 14.6. The fraction of sp³-hybridized carbons (Fsp3) is 0.264. The number of amides is 1. The van der Waals surface area contributed by atoms with Crippen LogP contribution in [0.5, 0.6) is 5.75 Å². The Labute approximate surface area is 380 Å². The SMILES string of the molecule is Cc1c(C)c(S(=O)(=O)/N=C(/Nc2ccc(C[C@@H](NC(=O)OCC3c4ccccc4-c4ccccc43)C(=O)O)cc2)NC2c3ccccc3CCc3ccccc32)c(C)c2c1OC(C)(C)C2. The second-order valence-electron chi connectivity index (χ2n) is 17.8. The Hall–Kier alpha value is -6.92. The first kappa shape index (κ1) is 43.3. The van der Waals surface area contributed by atoms with E-state index < -0.39 is 39.8 Å². The molecule has 9 rings (SSSR count). The fourth-order valence-corrected chi connectivity index (χ4v) is 11.3. The maximum atomic E-state index is 14.7. The Bertz CT molecular complexity index is 2910. The molecule has 2 aliphatic carbocycles. The summed E-state index contributed by atoms with van der Waals surface area (Å²) >= 11 is 0. The van der Waals surface area contributed by atoms with E-state index in [4.69, 9.17) is 9.47 Å². The molecule has 65 heavy (non-hydrogen) atoms. The number of guanidine groups is 1. The van der Waals surface area contributed by atoms with Crippen LogP contribution in [0.2, 0.25) is 0 Å². The lowest BCUT2D eigenvalue weighted by Gasteiger charge is -2.25. The molecule has 0 fully saturated rings. The summed E-state index contributed by atoms with van der Waals surface area (Å²) in [5.74, 6) is -0.636. The first-order chi connectivity index (χ1) is 31.2. The number of sulfonamides is 1. The van der Waals surface area contributed by atoms with Gasteiger partial charge in [0, 0.05) is 30.0 Å². The van der Waals surface area contributed by atoms with Gasteiger partial charge in [-0.3, -0.25) is 0 Å². The van der Waals surface area contributed by atoms with Gasteiger partial charge in [-0.15, -0.1) is 4.40 Å². The number of nitrogens with zero attached hydrogens (tertiary/aromatic N) is 1. The van der Waals surface area contributed by atoms with Crippen molar-refractivity contribution >= 4 is 33.7 Å². The highest BCUT2D eigenvalue weighted by Crippen LogP contribution is 2.46. The molecule has 0 aromatic heterocycles. The quantitative estimate of drug-likeness (QED) is 0.0778.